The molecule has 0 aromatic heterocycles. The Kier molecular flexibility index (Phi) is 2.45. The third-order valence-electron chi connectivity index (χ3n) is 4.25. The number of hydrogen-bond donors (Lipinski definition) is 2. The summed E-state index contributed by atoms with van der Waals surface area (Å²) in [6.07, 6.45) is 0.127. The van der Waals surface area contributed by atoms with E-state index in [9.17, 15) is 24.6 Å². The van der Waals surface area contributed by atoms with E-state index in [2.05, 4.69) is 0 Å². The monoisotopic (exact) mass is 260 g/mol. The number of carbonyl (C=O) groups is 3. The maximum atomic E-state index is 12.0. The van der Waals surface area contributed by atoms with E-state index in [1.54, 1.807) is 24.3 Å². The van der Waals surface area contributed by atoms with Crippen LogP contribution >= 0.6 is 0 Å². The molecule has 0 heterocycles. The Labute approximate surface area is 108 Å². The zero-order chi connectivity index (χ0) is 13.7. The normalized spacial score (nSPS) is 31.9. The quantitative estimate of drug-likeness (QED) is 0.834. The topological polar surface area (TPSA) is 91.7 Å². The smallest absolute Gasteiger partial charge is 0.308 e. The average Bonchev–Trinajstić information content (AvgIpc) is 2.37. The lowest BCUT2D eigenvalue weighted by Crippen LogP contribution is -2.49. The van der Waals surface area contributed by atoms with Crippen molar-refractivity contribution >= 4 is 17.7 Å². The number of ketones is 1. The van der Waals surface area contributed by atoms with Crippen molar-refractivity contribution in [3.63, 3.8) is 0 Å². The standard InChI is InChI=1S/C14H12O5/c15-9-5-8-6-3-1-2-4-7(6)10(9)12(14(18)19)11(8)13(16)17/h1-4,8,10-12H,5H2,(H,16,17)(H,18,19)/t8-,10-,11?,12?/m0/s1. The van der Waals surface area contributed by atoms with Crippen LogP contribution in [0.3, 0.4) is 0 Å². The molecule has 4 atom stereocenters. The van der Waals surface area contributed by atoms with Gasteiger partial charge in [0.05, 0.1) is 17.8 Å². The summed E-state index contributed by atoms with van der Waals surface area (Å²) in [5.41, 5.74) is 1.51. The van der Waals surface area contributed by atoms with E-state index in [0.29, 0.717) is 5.56 Å². The minimum atomic E-state index is -1.20. The molecule has 0 aliphatic heterocycles. The fraction of sp³-hybridized carbons (Fsp3) is 0.357. The van der Waals surface area contributed by atoms with Crippen LogP contribution in [0.5, 0.6) is 0 Å². The molecule has 2 unspecified atom stereocenters. The lowest BCUT2D eigenvalue weighted by Gasteiger charge is -2.44. The maximum absolute atomic E-state index is 12.0. The highest BCUT2D eigenvalue weighted by molar-refractivity contribution is 5.98. The molecule has 1 aromatic rings. The second-order valence-corrected chi connectivity index (χ2v) is 5.11. The fourth-order valence-electron chi connectivity index (χ4n) is 3.55. The van der Waals surface area contributed by atoms with Gasteiger partial charge in [-0.1, -0.05) is 24.3 Å². The van der Waals surface area contributed by atoms with E-state index in [-0.39, 0.29) is 12.2 Å². The first kappa shape index (κ1) is 11.9. The lowest BCUT2D eigenvalue weighted by molar-refractivity contribution is -0.160. The molecule has 1 saturated carbocycles. The Balaban J connectivity index is 2.22. The van der Waals surface area contributed by atoms with Gasteiger partial charge < -0.3 is 10.2 Å². The van der Waals surface area contributed by atoms with Crippen LogP contribution in [0.25, 0.3) is 0 Å². The summed E-state index contributed by atoms with van der Waals surface area (Å²) in [4.78, 5) is 34.8. The SMILES string of the molecule is O=C(O)C1C(C(=O)O)[C@H]2CC(=O)[C@@H]1c1ccccc12. The molecule has 5 heteroatoms. The van der Waals surface area contributed by atoms with Crippen molar-refractivity contribution in [3.8, 4) is 0 Å². The van der Waals surface area contributed by atoms with Crippen molar-refractivity contribution in [2.45, 2.75) is 18.3 Å². The zero-order valence-corrected chi connectivity index (χ0v) is 9.95. The second kappa shape index (κ2) is 3.91. The molecule has 0 radical (unpaired) electrons. The number of benzene rings is 1. The van der Waals surface area contributed by atoms with E-state index in [1.807, 2.05) is 0 Å². The third-order valence-corrected chi connectivity index (χ3v) is 4.25. The summed E-state index contributed by atoms with van der Waals surface area (Å²) in [6.45, 7) is 0. The second-order valence-electron chi connectivity index (χ2n) is 5.11. The highest BCUT2D eigenvalue weighted by Crippen LogP contribution is 2.54. The number of Topliss-reactive ketones (excluding diaryl/α,β-unsaturated/α-hetero) is 1. The van der Waals surface area contributed by atoms with Gasteiger partial charge in [0.2, 0.25) is 0 Å². The lowest BCUT2D eigenvalue weighted by atomic mass is 9.56. The van der Waals surface area contributed by atoms with Crippen LogP contribution in [0.2, 0.25) is 0 Å². The third kappa shape index (κ3) is 1.51. The number of carboxylic acid groups (broad SMARTS) is 2. The van der Waals surface area contributed by atoms with Crippen molar-refractivity contribution < 1.29 is 24.6 Å². The summed E-state index contributed by atoms with van der Waals surface area (Å²) in [6, 6.07) is 7.08. The van der Waals surface area contributed by atoms with Gasteiger partial charge in [-0.15, -0.1) is 0 Å². The van der Waals surface area contributed by atoms with Crippen LogP contribution in [0.15, 0.2) is 24.3 Å². The van der Waals surface area contributed by atoms with E-state index in [4.69, 9.17) is 0 Å². The highest BCUT2D eigenvalue weighted by atomic mass is 16.4. The maximum Gasteiger partial charge on any atom is 0.308 e. The molecule has 0 saturated heterocycles. The molecule has 1 aromatic carbocycles. The number of rotatable bonds is 2. The van der Waals surface area contributed by atoms with Crippen LogP contribution in [-0.4, -0.2) is 27.9 Å². The minimum absolute atomic E-state index is 0.127. The first-order valence-electron chi connectivity index (χ1n) is 6.09. The van der Waals surface area contributed by atoms with Crippen molar-refractivity contribution in [1.29, 1.82) is 0 Å². The Morgan fingerprint density at radius 2 is 1.58 bits per heavy atom. The molecule has 1 fully saturated rings. The van der Waals surface area contributed by atoms with Crippen LogP contribution in [0, 0.1) is 11.8 Å². The predicted molar refractivity (Wildman–Crippen MR) is 63.8 cm³/mol. The Morgan fingerprint density at radius 3 is 2.16 bits per heavy atom. The number of carboxylic acids is 2. The molecule has 0 spiro atoms. The molecule has 2 bridgehead atoms. The number of aliphatic carboxylic acids is 2. The molecular weight excluding hydrogens is 248 g/mol. The predicted octanol–water partition coefficient (Wildman–Crippen LogP) is 1.24. The Hall–Kier alpha value is -2.17. The molecule has 5 nitrogen and oxygen atoms in total. The molecule has 19 heavy (non-hydrogen) atoms. The Bertz CT molecular complexity index is 591. The van der Waals surface area contributed by atoms with Gasteiger partial charge >= 0.3 is 11.9 Å². The van der Waals surface area contributed by atoms with Crippen molar-refractivity contribution in [2.75, 3.05) is 0 Å². The summed E-state index contributed by atoms with van der Waals surface area (Å²) >= 11 is 0. The van der Waals surface area contributed by atoms with E-state index in [0.717, 1.165) is 5.56 Å². The van der Waals surface area contributed by atoms with Crippen LogP contribution in [0.1, 0.15) is 29.4 Å². The molecule has 4 rings (SSSR count). The first-order chi connectivity index (χ1) is 9.02. The van der Waals surface area contributed by atoms with Crippen LogP contribution in [0.4, 0.5) is 0 Å². The first-order valence-corrected chi connectivity index (χ1v) is 6.09. The molecule has 3 aliphatic carbocycles. The Morgan fingerprint density at radius 1 is 1.00 bits per heavy atom. The van der Waals surface area contributed by atoms with E-state index >= 15 is 0 Å². The van der Waals surface area contributed by atoms with Crippen molar-refractivity contribution in [3.05, 3.63) is 35.4 Å². The highest BCUT2D eigenvalue weighted by Gasteiger charge is 2.56. The van der Waals surface area contributed by atoms with Gasteiger partial charge in [-0.05, 0) is 11.1 Å². The van der Waals surface area contributed by atoms with Gasteiger partial charge in [-0.2, -0.15) is 0 Å². The summed E-state index contributed by atoms with van der Waals surface area (Å²) in [5, 5.41) is 18.6. The molecule has 98 valence electrons. The summed E-state index contributed by atoms with van der Waals surface area (Å²) < 4.78 is 0. The fourth-order valence-corrected chi connectivity index (χ4v) is 3.55. The van der Waals surface area contributed by atoms with Crippen molar-refractivity contribution in [1.82, 2.24) is 0 Å². The molecule has 3 aliphatic rings. The van der Waals surface area contributed by atoms with Gasteiger partial charge in [-0.25, -0.2) is 0 Å². The average molecular weight is 260 g/mol. The van der Waals surface area contributed by atoms with Gasteiger partial charge in [0.15, 0.2) is 0 Å². The summed E-state index contributed by atoms with van der Waals surface area (Å²) in [5.74, 6) is -6.01. The van der Waals surface area contributed by atoms with Gasteiger partial charge in [0.25, 0.3) is 0 Å². The van der Waals surface area contributed by atoms with Crippen molar-refractivity contribution in [2.24, 2.45) is 11.8 Å². The van der Waals surface area contributed by atoms with E-state index < -0.39 is 35.6 Å². The zero-order valence-electron chi connectivity index (χ0n) is 9.95. The van der Waals surface area contributed by atoms with Crippen LogP contribution in [-0.2, 0) is 14.4 Å². The van der Waals surface area contributed by atoms with Crippen LogP contribution < -0.4 is 0 Å². The van der Waals surface area contributed by atoms with Gasteiger partial charge in [0.1, 0.15) is 5.78 Å². The molecular formula is C14H12O5. The molecule has 2 N–H and O–H groups in total. The number of hydrogen-bond acceptors (Lipinski definition) is 3. The summed E-state index contributed by atoms with van der Waals surface area (Å²) in [7, 11) is 0. The number of carbonyl (C=O) groups excluding carboxylic acids is 1. The minimum Gasteiger partial charge on any atom is -0.481 e. The number of fused-ring (bicyclic) bond motifs is 2. The van der Waals surface area contributed by atoms with E-state index in [1.165, 1.54) is 0 Å². The molecule has 0 amide bonds. The van der Waals surface area contributed by atoms with Gasteiger partial charge in [0, 0.05) is 12.3 Å². The largest absolute Gasteiger partial charge is 0.481 e. The van der Waals surface area contributed by atoms with Gasteiger partial charge in [-0.3, -0.25) is 14.4 Å².